The predicted octanol–water partition coefficient (Wildman–Crippen LogP) is 2.20. The fourth-order valence-electron chi connectivity index (χ4n) is 2.45. The van der Waals surface area contributed by atoms with Gasteiger partial charge in [-0.25, -0.2) is 8.42 Å². The van der Waals surface area contributed by atoms with Crippen molar-refractivity contribution in [2.24, 2.45) is 0 Å². The van der Waals surface area contributed by atoms with E-state index in [-0.39, 0.29) is 11.7 Å². The summed E-state index contributed by atoms with van der Waals surface area (Å²) < 4.78 is 25.3. The summed E-state index contributed by atoms with van der Waals surface area (Å²) in [6.45, 7) is 1.84. The number of carbonyl (C=O) groups excluding carboxylic acids is 1. The quantitative estimate of drug-likeness (QED) is 0.913. The fraction of sp³-hybridized carbons (Fsp3) is 0.462. The maximum absolute atomic E-state index is 11.8. The van der Waals surface area contributed by atoms with Crippen LogP contribution in [0.2, 0.25) is 0 Å². The first-order valence-corrected chi connectivity index (χ1v) is 7.87. The lowest BCUT2D eigenvalue weighted by Gasteiger charge is -2.17. The molecule has 98 valence electrons. The summed E-state index contributed by atoms with van der Waals surface area (Å²) in [5, 5.41) is 0. The minimum atomic E-state index is -3.33. The minimum absolute atomic E-state index is 0.158. The van der Waals surface area contributed by atoms with Gasteiger partial charge in [0.2, 0.25) is 10.0 Å². The number of rotatable bonds is 3. The Balaban J connectivity index is 2.47. The number of nitrogens with one attached hydrogen (secondary N) is 1. The maximum atomic E-state index is 11.8. The smallest absolute Gasteiger partial charge is 0.229 e. The maximum Gasteiger partial charge on any atom is 0.229 e. The highest BCUT2D eigenvalue weighted by atomic mass is 32.2. The van der Waals surface area contributed by atoms with Gasteiger partial charge in [0.25, 0.3) is 0 Å². The van der Waals surface area contributed by atoms with E-state index in [0.29, 0.717) is 12.1 Å². The van der Waals surface area contributed by atoms with Crippen molar-refractivity contribution in [1.82, 2.24) is 0 Å². The van der Waals surface area contributed by atoms with Gasteiger partial charge in [-0.2, -0.15) is 0 Å². The van der Waals surface area contributed by atoms with Gasteiger partial charge in [0.1, 0.15) is 5.78 Å². The average molecular weight is 267 g/mol. The van der Waals surface area contributed by atoms with E-state index < -0.39 is 10.0 Å². The first-order chi connectivity index (χ1) is 8.38. The van der Waals surface area contributed by atoms with E-state index in [4.69, 9.17) is 0 Å². The van der Waals surface area contributed by atoms with Crippen molar-refractivity contribution in [2.75, 3.05) is 11.0 Å². The molecular formula is C13H17NO3S. The lowest BCUT2D eigenvalue weighted by atomic mass is 9.93. The number of ketones is 1. The lowest BCUT2D eigenvalue weighted by molar-refractivity contribution is -0.118. The van der Waals surface area contributed by atoms with E-state index in [1.807, 2.05) is 25.1 Å². The highest BCUT2D eigenvalue weighted by Crippen LogP contribution is 2.36. The number of benzene rings is 1. The third-order valence-electron chi connectivity index (χ3n) is 3.27. The van der Waals surface area contributed by atoms with Crippen molar-refractivity contribution < 1.29 is 13.2 Å². The van der Waals surface area contributed by atoms with Crippen LogP contribution in [0.4, 0.5) is 5.69 Å². The molecule has 1 aromatic rings. The molecule has 1 saturated carbocycles. The molecule has 2 rings (SSSR count). The Morgan fingerprint density at radius 1 is 1.33 bits per heavy atom. The molecule has 1 unspecified atom stereocenters. The summed E-state index contributed by atoms with van der Waals surface area (Å²) in [5.74, 6) is 0.0475. The van der Waals surface area contributed by atoms with Gasteiger partial charge in [-0.15, -0.1) is 0 Å². The molecule has 1 aromatic carbocycles. The zero-order chi connectivity index (χ0) is 13.3. The van der Waals surface area contributed by atoms with E-state index in [1.54, 1.807) is 0 Å². The third-order valence-corrected chi connectivity index (χ3v) is 3.85. The van der Waals surface area contributed by atoms with Crippen LogP contribution in [-0.4, -0.2) is 20.5 Å². The van der Waals surface area contributed by atoms with Gasteiger partial charge >= 0.3 is 0 Å². The van der Waals surface area contributed by atoms with Gasteiger partial charge in [0.15, 0.2) is 0 Å². The summed E-state index contributed by atoms with van der Waals surface area (Å²) in [4.78, 5) is 11.8. The Bertz CT molecular complexity index is 578. The second-order valence-corrected chi connectivity index (χ2v) is 6.57. The minimum Gasteiger partial charge on any atom is -0.299 e. The Morgan fingerprint density at radius 3 is 2.61 bits per heavy atom. The molecular weight excluding hydrogens is 250 g/mol. The van der Waals surface area contributed by atoms with Gasteiger partial charge < -0.3 is 0 Å². The van der Waals surface area contributed by atoms with Crippen LogP contribution in [0, 0.1) is 6.92 Å². The summed E-state index contributed by atoms with van der Waals surface area (Å²) in [7, 11) is -3.33. The molecule has 18 heavy (non-hydrogen) atoms. The number of anilines is 1. The number of hydrogen-bond acceptors (Lipinski definition) is 3. The van der Waals surface area contributed by atoms with Crippen molar-refractivity contribution in [3.63, 3.8) is 0 Å². The van der Waals surface area contributed by atoms with E-state index in [0.717, 1.165) is 30.2 Å². The molecule has 1 N–H and O–H groups in total. The van der Waals surface area contributed by atoms with E-state index in [9.17, 15) is 13.2 Å². The fourth-order valence-corrected chi connectivity index (χ4v) is 3.10. The van der Waals surface area contributed by atoms with Crippen LogP contribution in [-0.2, 0) is 14.8 Å². The molecule has 1 aliphatic rings. The molecule has 1 fully saturated rings. The highest BCUT2D eigenvalue weighted by Gasteiger charge is 2.28. The summed E-state index contributed by atoms with van der Waals surface area (Å²) in [6.07, 6.45) is 3.41. The van der Waals surface area contributed by atoms with E-state index in [1.165, 1.54) is 0 Å². The number of carbonyl (C=O) groups is 1. The van der Waals surface area contributed by atoms with Gasteiger partial charge in [0, 0.05) is 12.3 Å². The second-order valence-electron chi connectivity index (χ2n) is 4.82. The second kappa shape index (κ2) is 4.72. The number of sulfonamides is 1. The molecule has 0 saturated heterocycles. The van der Waals surface area contributed by atoms with Crippen LogP contribution < -0.4 is 4.72 Å². The molecule has 0 aliphatic heterocycles. The van der Waals surface area contributed by atoms with Crippen molar-refractivity contribution >= 4 is 21.5 Å². The standard InChI is InChI=1S/C13H17NO3S/c1-9-5-3-7-11(10-6-4-8-12(10)15)13(9)14-18(2,16)17/h3,5,7,10,14H,4,6,8H2,1-2H3. The normalized spacial score (nSPS) is 20.1. The van der Waals surface area contributed by atoms with Crippen LogP contribution in [0.15, 0.2) is 18.2 Å². The highest BCUT2D eigenvalue weighted by molar-refractivity contribution is 7.92. The van der Waals surface area contributed by atoms with Crippen LogP contribution in [0.25, 0.3) is 0 Å². The Morgan fingerprint density at radius 2 is 2.06 bits per heavy atom. The van der Waals surface area contributed by atoms with Crippen LogP contribution >= 0.6 is 0 Å². The largest absolute Gasteiger partial charge is 0.299 e. The van der Waals surface area contributed by atoms with Crippen molar-refractivity contribution in [1.29, 1.82) is 0 Å². The Hall–Kier alpha value is -1.36. The van der Waals surface area contributed by atoms with E-state index in [2.05, 4.69) is 4.72 Å². The molecule has 0 aromatic heterocycles. The third kappa shape index (κ3) is 2.72. The molecule has 5 heteroatoms. The predicted molar refractivity (Wildman–Crippen MR) is 71.2 cm³/mol. The van der Waals surface area contributed by atoms with Crippen LogP contribution in [0.5, 0.6) is 0 Å². The van der Waals surface area contributed by atoms with Crippen molar-refractivity contribution in [3.05, 3.63) is 29.3 Å². The molecule has 1 aliphatic carbocycles. The molecule has 0 spiro atoms. The molecule has 0 radical (unpaired) electrons. The van der Waals surface area contributed by atoms with E-state index >= 15 is 0 Å². The Labute approximate surface area is 107 Å². The topological polar surface area (TPSA) is 63.2 Å². The summed E-state index contributed by atoms with van der Waals surface area (Å²) in [5.41, 5.74) is 2.22. The molecule has 0 amide bonds. The molecule has 0 bridgehead atoms. The lowest BCUT2D eigenvalue weighted by Crippen LogP contribution is -2.15. The first kappa shape index (κ1) is 13.1. The zero-order valence-corrected chi connectivity index (χ0v) is 11.4. The van der Waals surface area contributed by atoms with Crippen molar-refractivity contribution in [3.8, 4) is 0 Å². The van der Waals surface area contributed by atoms with Gasteiger partial charge in [-0.3, -0.25) is 9.52 Å². The number of para-hydroxylation sites is 1. The number of aryl methyl sites for hydroxylation is 1. The van der Waals surface area contributed by atoms with Gasteiger partial charge in [0.05, 0.1) is 11.9 Å². The molecule has 4 nitrogen and oxygen atoms in total. The Kier molecular flexibility index (Phi) is 3.43. The van der Waals surface area contributed by atoms with Crippen LogP contribution in [0.1, 0.15) is 36.3 Å². The summed E-state index contributed by atoms with van der Waals surface area (Å²) >= 11 is 0. The number of hydrogen-bond donors (Lipinski definition) is 1. The SMILES string of the molecule is Cc1cccc(C2CCCC2=O)c1NS(C)(=O)=O. The van der Waals surface area contributed by atoms with Crippen molar-refractivity contribution in [2.45, 2.75) is 32.1 Å². The molecule has 0 heterocycles. The average Bonchev–Trinajstić information content (AvgIpc) is 2.66. The zero-order valence-electron chi connectivity index (χ0n) is 10.6. The van der Waals surface area contributed by atoms with Crippen LogP contribution in [0.3, 0.4) is 0 Å². The first-order valence-electron chi connectivity index (χ1n) is 5.98. The number of Topliss-reactive ketones (excluding diaryl/α,β-unsaturated/α-hetero) is 1. The summed E-state index contributed by atoms with van der Waals surface area (Å²) in [6, 6.07) is 5.55. The van der Waals surface area contributed by atoms with Gasteiger partial charge in [-0.05, 0) is 30.9 Å². The van der Waals surface area contributed by atoms with Gasteiger partial charge in [-0.1, -0.05) is 18.2 Å². The molecule has 1 atom stereocenters. The monoisotopic (exact) mass is 267 g/mol.